The van der Waals surface area contributed by atoms with E-state index in [4.69, 9.17) is 5.11 Å². The second kappa shape index (κ2) is 9.92. The first-order valence-electron chi connectivity index (χ1n) is 8.20. The summed E-state index contributed by atoms with van der Waals surface area (Å²) in [5.41, 5.74) is 0.638. The van der Waals surface area contributed by atoms with E-state index in [0.29, 0.717) is 10.4 Å². The Kier molecular flexibility index (Phi) is 9.37. The van der Waals surface area contributed by atoms with Gasteiger partial charge in [-0.05, 0) is 31.7 Å². The molecule has 0 fully saturated rings. The summed E-state index contributed by atoms with van der Waals surface area (Å²) < 4.78 is 0. The summed E-state index contributed by atoms with van der Waals surface area (Å²) in [5.74, 6) is -0.332. The Morgan fingerprint density at radius 3 is 1.96 bits per heavy atom. The first-order chi connectivity index (χ1) is 11.3. The topological polar surface area (TPSA) is 86.4 Å². The highest BCUT2D eigenvalue weighted by molar-refractivity contribution is 9.10. The highest BCUT2D eigenvalue weighted by Gasteiger charge is 2.33. The van der Waals surface area contributed by atoms with Crippen LogP contribution in [0.4, 0.5) is 0 Å². The Morgan fingerprint density at radius 1 is 1.16 bits per heavy atom. The van der Waals surface area contributed by atoms with Crippen LogP contribution in [-0.2, 0) is 4.79 Å². The average Bonchev–Trinajstić information content (AvgIpc) is 2.50. The molecule has 25 heavy (non-hydrogen) atoms. The molecule has 0 saturated carbocycles. The van der Waals surface area contributed by atoms with Crippen molar-refractivity contribution in [3.8, 4) is 0 Å². The molecule has 6 heteroatoms. The summed E-state index contributed by atoms with van der Waals surface area (Å²) in [5, 5.41) is 22.5. The number of carbonyl (C=O) groups is 1. The third-order valence-corrected chi connectivity index (χ3v) is 4.96. The van der Waals surface area contributed by atoms with Crippen LogP contribution < -0.4 is 15.4 Å². The molecule has 0 bridgehead atoms. The van der Waals surface area contributed by atoms with E-state index >= 15 is 0 Å². The average molecular weight is 415 g/mol. The van der Waals surface area contributed by atoms with Gasteiger partial charge >= 0.3 is 0 Å². The number of hydrogen-bond donors (Lipinski definition) is 3. The van der Waals surface area contributed by atoms with Gasteiger partial charge in [-0.2, -0.15) is 0 Å². The van der Waals surface area contributed by atoms with E-state index in [2.05, 4.69) is 67.8 Å². The summed E-state index contributed by atoms with van der Waals surface area (Å²) >= 11 is 3.72. The number of amidine groups is 1. The Bertz CT molecular complexity index is 560. The van der Waals surface area contributed by atoms with E-state index in [1.807, 2.05) is 7.05 Å². The van der Waals surface area contributed by atoms with Crippen LogP contribution in [0.1, 0.15) is 53.2 Å². The van der Waals surface area contributed by atoms with Crippen molar-refractivity contribution in [3.05, 3.63) is 35.9 Å². The Balaban J connectivity index is 0.000000472. The van der Waals surface area contributed by atoms with Crippen molar-refractivity contribution in [2.24, 2.45) is 5.41 Å². The van der Waals surface area contributed by atoms with Gasteiger partial charge in [-0.3, -0.25) is 10.3 Å². The molecule has 0 aromatic heterocycles. The molecule has 0 spiro atoms. The summed E-state index contributed by atoms with van der Waals surface area (Å²) in [6.07, 6.45) is -1.52. The number of carboxylic acids is 1. The second-order valence-corrected chi connectivity index (χ2v) is 8.82. The number of alkyl halides is 1. The van der Waals surface area contributed by atoms with Crippen LogP contribution in [0.2, 0.25) is 0 Å². The molecule has 0 aliphatic carbocycles. The van der Waals surface area contributed by atoms with Crippen molar-refractivity contribution in [2.45, 2.75) is 58.0 Å². The molecular formula is C19H31BrN2O3. The molecule has 0 amide bonds. The van der Waals surface area contributed by atoms with Crippen LogP contribution in [0.5, 0.6) is 0 Å². The van der Waals surface area contributed by atoms with Crippen molar-refractivity contribution in [1.29, 1.82) is 0 Å². The number of aliphatic hydroxyl groups is 1. The first kappa shape index (κ1) is 23.6. The van der Waals surface area contributed by atoms with Crippen LogP contribution in [0.25, 0.3) is 0 Å². The number of aliphatic carboxylic acids is 1. The van der Waals surface area contributed by atoms with Gasteiger partial charge in [0.2, 0.25) is 0 Å². The number of rotatable bonds is 3. The molecule has 1 aromatic carbocycles. The molecule has 1 rings (SSSR count). The summed E-state index contributed by atoms with van der Waals surface area (Å²) in [6.45, 7) is 13.1. The highest BCUT2D eigenvalue weighted by atomic mass is 79.9. The van der Waals surface area contributed by atoms with Crippen molar-refractivity contribution < 1.29 is 20.0 Å². The van der Waals surface area contributed by atoms with Gasteiger partial charge in [0.15, 0.2) is 0 Å². The minimum Gasteiger partial charge on any atom is -0.547 e. The Labute approximate surface area is 159 Å². The number of carboxylic acid groups (broad SMARTS) is 1. The fourth-order valence-electron chi connectivity index (χ4n) is 1.86. The molecule has 142 valence electrons. The van der Waals surface area contributed by atoms with E-state index in [9.17, 15) is 9.90 Å². The lowest BCUT2D eigenvalue weighted by Gasteiger charge is -2.27. The maximum absolute atomic E-state index is 10.1. The predicted octanol–water partition coefficient (Wildman–Crippen LogP) is 0.763. The van der Waals surface area contributed by atoms with Gasteiger partial charge in [-0.25, -0.2) is 0 Å². The van der Waals surface area contributed by atoms with Crippen LogP contribution >= 0.6 is 15.9 Å². The quantitative estimate of drug-likeness (QED) is 0.387. The van der Waals surface area contributed by atoms with Gasteiger partial charge < -0.3 is 15.0 Å². The lowest BCUT2D eigenvalue weighted by atomic mass is 9.91. The maximum atomic E-state index is 10.1. The van der Waals surface area contributed by atoms with Crippen LogP contribution in [0.15, 0.2) is 30.3 Å². The van der Waals surface area contributed by atoms with Crippen molar-refractivity contribution in [2.75, 3.05) is 7.05 Å². The lowest BCUT2D eigenvalue weighted by Crippen LogP contribution is -2.76. The predicted molar refractivity (Wildman–Crippen MR) is 103 cm³/mol. The standard InChI is InChI=1S/C11H23BrN2.C8H8O3/c1-10(2,3)8(12)9(13-7)14-11(4,5)6;9-7(8(10)11)6-4-2-1-3-5-6/h8H,1-7H3,(H,13,14);1-5,7,9H,(H,10,11)/t8-;7-/m10/s1. The molecule has 0 aliphatic rings. The summed E-state index contributed by atoms with van der Waals surface area (Å²) in [6, 6.07) is 8.11. The minimum absolute atomic E-state index is 0.0929. The van der Waals surface area contributed by atoms with E-state index in [1.54, 1.807) is 18.2 Å². The fourth-order valence-corrected chi connectivity index (χ4v) is 2.20. The second-order valence-electron chi connectivity index (χ2n) is 7.90. The molecule has 0 unspecified atom stereocenters. The molecule has 2 atom stereocenters. The van der Waals surface area contributed by atoms with Crippen molar-refractivity contribution in [3.63, 3.8) is 0 Å². The molecule has 0 saturated heterocycles. The fraction of sp³-hybridized carbons (Fsp3) is 0.579. The maximum Gasteiger partial charge on any atom is 0.257 e. The number of hydrogen-bond acceptors (Lipinski definition) is 3. The lowest BCUT2D eigenvalue weighted by molar-refractivity contribution is -0.424. The van der Waals surface area contributed by atoms with E-state index in [0.717, 1.165) is 5.84 Å². The van der Waals surface area contributed by atoms with Gasteiger partial charge in [0.1, 0.15) is 10.9 Å². The smallest absolute Gasteiger partial charge is 0.257 e. The number of benzene rings is 1. The SMILES string of the molecule is C[NH+]=C(NC(C)(C)C)[C@@H](Br)C(C)(C)C.O=C([O-])[C@@H](O)c1ccccc1. The van der Waals surface area contributed by atoms with E-state index < -0.39 is 12.1 Å². The van der Waals surface area contributed by atoms with Crippen LogP contribution in [0, 0.1) is 5.41 Å². The zero-order valence-corrected chi connectivity index (χ0v) is 17.8. The van der Waals surface area contributed by atoms with Crippen molar-refractivity contribution in [1.82, 2.24) is 5.32 Å². The van der Waals surface area contributed by atoms with Crippen LogP contribution in [-0.4, -0.2) is 34.3 Å². The van der Waals surface area contributed by atoms with Gasteiger partial charge in [0.05, 0.1) is 18.6 Å². The van der Waals surface area contributed by atoms with Gasteiger partial charge in [0, 0.05) is 0 Å². The third-order valence-electron chi connectivity index (χ3n) is 3.13. The molecule has 1 aromatic rings. The van der Waals surface area contributed by atoms with Crippen LogP contribution in [0.3, 0.4) is 0 Å². The molecule has 0 heterocycles. The molecule has 3 N–H and O–H groups in total. The Hall–Kier alpha value is -1.40. The normalized spacial score (nSPS) is 14.8. The van der Waals surface area contributed by atoms with Gasteiger partial charge in [-0.1, -0.05) is 67.0 Å². The van der Waals surface area contributed by atoms with Gasteiger partial charge in [0.25, 0.3) is 5.84 Å². The first-order valence-corrected chi connectivity index (χ1v) is 9.12. The molecule has 0 aliphatic heterocycles. The van der Waals surface area contributed by atoms with E-state index in [-0.39, 0.29) is 11.0 Å². The third kappa shape index (κ3) is 9.60. The molecule has 5 nitrogen and oxygen atoms in total. The number of nitrogens with one attached hydrogen (secondary N) is 2. The van der Waals surface area contributed by atoms with Crippen molar-refractivity contribution >= 4 is 27.7 Å². The molecular weight excluding hydrogens is 384 g/mol. The number of aliphatic hydroxyl groups excluding tert-OH is 1. The molecule has 0 radical (unpaired) electrons. The van der Waals surface area contributed by atoms with E-state index in [1.165, 1.54) is 12.1 Å². The summed E-state index contributed by atoms with van der Waals surface area (Å²) in [4.78, 5) is 13.7. The minimum atomic E-state index is -1.52. The largest absolute Gasteiger partial charge is 0.547 e. The summed E-state index contributed by atoms with van der Waals surface area (Å²) in [7, 11) is 1.95. The Morgan fingerprint density at radius 2 is 1.64 bits per heavy atom. The zero-order valence-electron chi connectivity index (χ0n) is 16.2. The zero-order chi connectivity index (χ0) is 19.8. The highest BCUT2D eigenvalue weighted by Crippen LogP contribution is 2.26. The number of carbonyl (C=O) groups excluding carboxylic acids is 1. The number of halogens is 1. The van der Waals surface area contributed by atoms with Gasteiger partial charge in [-0.15, -0.1) is 0 Å². The monoisotopic (exact) mass is 414 g/mol.